The van der Waals surface area contributed by atoms with Crippen LogP contribution in [0.2, 0.25) is 0 Å². The monoisotopic (exact) mass is 261 g/mol. The number of unbranched alkanes of at least 4 members (excludes halogenated alkanes) is 7. The topological polar surface area (TPSA) is 29.1 Å². The normalized spacial score (nSPS) is 10.5. The van der Waals surface area contributed by atoms with Crippen molar-refractivity contribution in [3.05, 3.63) is 0 Å². The van der Waals surface area contributed by atoms with E-state index in [0.717, 1.165) is 25.8 Å². The number of nitrogens with one attached hydrogen (secondary N) is 1. The van der Waals surface area contributed by atoms with E-state index in [4.69, 9.17) is 11.6 Å². The third kappa shape index (κ3) is 13.7. The summed E-state index contributed by atoms with van der Waals surface area (Å²) in [6.45, 7) is 3.01. The first-order valence-corrected chi connectivity index (χ1v) is 7.67. The highest BCUT2D eigenvalue weighted by atomic mass is 35.5. The Labute approximate surface area is 111 Å². The van der Waals surface area contributed by atoms with E-state index in [0.29, 0.717) is 12.3 Å². The molecular weight excluding hydrogens is 234 g/mol. The van der Waals surface area contributed by atoms with Crippen molar-refractivity contribution in [1.29, 1.82) is 0 Å². The number of alkyl halides is 1. The predicted octanol–water partition coefficient (Wildman–Crippen LogP) is 4.26. The number of carbonyl (C=O) groups excluding carboxylic acids is 1. The van der Waals surface area contributed by atoms with Gasteiger partial charge in [0.25, 0.3) is 0 Å². The molecule has 0 radical (unpaired) electrons. The van der Waals surface area contributed by atoms with Crippen LogP contribution in [-0.2, 0) is 4.79 Å². The molecule has 102 valence electrons. The zero-order valence-electron chi connectivity index (χ0n) is 11.3. The van der Waals surface area contributed by atoms with Crippen LogP contribution in [0.3, 0.4) is 0 Å². The fourth-order valence-corrected chi connectivity index (χ4v) is 1.97. The molecule has 0 bridgehead atoms. The van der Waals surface area contributed by atoms with E-state index in [2.05, 4.69) is 12.2 Å². The number of hydrogen-bond donors (Lipinski definition) is 1. The van der Waals surface area contributed by atoms with Gasteiger partial charge in [-0.3, -0.25) is 4.79 Å². The molecule has 1 N–H and O–H groups in total. The third-order valence-corrected chi connectivity index (χ3v) is 3.16. The summed E-state index contributed by atoms with van der Waals surface area (Å²) in [5.74, 6) is 0.890. The van der Waals surface area contributed by atoms with Gasteiger partial charge < -0.3 is 5.32 Å². The zero-order valence-corrected chi connectivity index (χ0v) is 12.0. The number of amides is 1. The molecule has 0 atom stereocenters. The summed E-state index contributed by atoms with van der Waals surface area (Å²) in [4.78, 5) is 11.4. The summed E-state index contributed by atoms with van der Waals surface area (Å²) < 4.78 is 0. The first kappa shape index (κ1) is 16.8. The van der Waals surface area contributed by atoms with Crippen LogP contribution in [0.4, 0.5) is 0 Å². The fourth-order valence-electron chi connectivity index (χ4n) is 1.78. The van der Waals surface area contributed by atoms with Gasteiger partial charge in [-0.2, -0.15) is 0 Å². The van der Waals surface area contributed by atoms with Crippen LogP contribution in [-0.4, -0.2) is 18.3 Å². The molecule has 0 aromatic heterocycles. The second kappa shape index (κ2) is 13.8. The summed E-state index contributed by atoms with van der Waals surface area (Å²) in [6.07, 6.45) is 11.5. The van der Waals surface area contributed by atoms with Gasteiger partial charge in [0.15, 0.2) is 0 Å². The molecule has 0 spiro atoms. The second-order valence-electron chi connectivity index (χ2n) is 4.62. The number of hydrogen-bond acceptors (Lipinski definition) is 1. The number of carbonyl (C=O) groups is 1. The van der Waals surface area contributed by atoms with Crippen molar-refractivity contribution in [2.75, 3.05) is 12.4 Å². The van der Waals surface area contributed by atoms with Gasteiger partial charge in [-0.25, -0.2) is 0 Å². The minimum absolute atomic E-state index is 0.202. The largest absolute Gasteiger partial charge is 0.356 e. The van der Waals surface area contributed by atoms with E-state index in [1.54, 1.807) is 0 Å². The highest BCUT2D eigenvalue weighted by Crippen LogP contribution is 2.08. The molecule has 0 fully saturated rings. The molecule has 1 amide bonds. The Morgan fingerprint density at radius 2 is 1.59 bits per heavy atom. The molecule has 0 saturated heterocycles. The van der Waals surface area contributed by atoms with E-state index >= 15 is 0 Å². The Morgan fingerprint density at radius 1 is 0.941 bits per heavy atom. The smallest absolute Gasteiger partial charge is 0.219 e. The molecule has 0 aromatic rings. The minimum atomic E-state index is 0.202. The van der Waals surface area contributed by atoms with Crippen LogP contribution in [0.5, 0.6) is 0 Å². The van der Waals surface area contributed by atoms with Crippen LogP contribution < -0.4 is 5.32 Å². The standard InChI is InChI=1S/C14H28ClNO/c1-2-3-4-5-6-7-8-11-14(17)16-13-10-9-12-15/h2-13H2,1H3,(H,16,17). The summed E-state index contributed by atoms with van der Waals surface area (Å²) in [5, 5.41) is 2.93. The maximum Gasteiger partial charge on any atom is 0.219 e. The Balaban J connectivity index is 3.11. The quantitative estimate of drug-likeness (QED) is 0.413. The van der Waals surface area contributed by atoms with Crippen molar-refractivity contribution in [2.45, 2.75) is 71.1 Å². The van der Waals surface area contributed by atoms with Gasteiger partial charge in [0, 0.05) is 18.8 Å². The maximum atomic E-state index is 11.4. The number of halogens is 1. The molecule has 0 saturated carbocycles. The Hall–Kier alpha value is -0.240. The molecule has 0 aliphatic carbocycles. The number of rotatable bonds is 12. The average Bonchev–Trinajstić information content (AvgIpc) is 2.33. The van der Waals surface area contributed by atoms with Gasteiger partial charge in [-0.05, 0) is 19.3 Å². The zero-order chi connectivity index (χ0) is 12.8. The maximum absolute atomic E-state index is 11.4. The van der Waals surface area contributed by atoms with Crippen LogP contribution in [0.15, 0.2) is 0 Å². The van der Waals surface area contributed by atoms with E-state index in [9.17, 15) is 4.79 Å². The van der Waals surface area contributed by atoms with Crippen molar-refractivity contribution in [2.24, 2.45) is 0 Å². The molecule has 0 rings (SSSR count). The summed E-state index contributed by atoms with van der Waals surface area (Å²) in [7, 11) is 0. The molecule has 3 heteroatoms. The third-order valence-electron chi connectivity index (χ3n) is 2.89. The van der Waals surface area contributed by atoms with Crippen molar-refractivity contribution < 1.29 is 4.79 Å². The van der Waals surface area contributed by atoms with Crippen molar-refractivity contribution in [3.63, 3.8) is 0 Å². The van der Waals surface area contributed by atoms with Crippen molar-refractivity contribution >= 4 is 17.5 Å². The van der Waals surface area contributed by atoms with Crippen molar-refractivity contribution in [3.8, 4) is 0 Å². The lowest BCUT2D eigenvalue weighted by molar-refractivity contribution is -0.121. The van der Waals surface area contributed by atoms with Gasteiger partial charge in [0.1, 0.15) is 0 Å². The molecule has 0 aromatic carbocycles. The molecule has 0 aliphatic rings. The molecule has 2 nitrogen and oxygen atoms in total. The van der Waals surface area contributed by atoms with Gasteiger partial charge in [0.2, 0.25) is 5.91 Å². The highest BCUT2D eigenvalue weighted by molar-refractivity contribution is 6.17. The minimum Gasteiger partial charge on any atom is -0.356 e. The van der Waals surface area contributed by atoms with Crippen LogP contribution in [0.1, 0.15) is 71.1 Å². The lowest BCUT2D eigenvalue weighted by atomic mass is 10.1. The summed E-state index contributed by atoms with van der Waals surface area (Å²) in [5.41, 5.74) is 0. The average molecular weight is 262 g/mol. The van der Waals surface area contributed by atoms with Crippen molar-refractivity contribution in [1.82, 2.24) is 5.32 Å². The summed E-state index contributed by atoms with van der Waals surface area (Å²) >= 11 is 5.56. The first-order chi connectivity index (χ1) is 8.31. The van der Waals surface area contributed by atoms with E-state index in [1.165, 1.54) is 38.5 Å². The molecule has 0 aliphatic heterocycles. The lowest BCUT2D eigenvalue weighted by Gasteiger charge is -2.04. The first-order valence-electron chi connectivity index (χ1n) is 7.14. The van der Waals surface area contributed by atoms with Gasteiger partial charge >= 0.3 is 0 Å². The van der Waals surface area contributed by atoms with Crippen LogP contribution in [0.25, 0.3) is 0 Å². The SMILES string of the molecule is CCCCCCCCCC(=O)NCCCCCl. The van der Waals surface area contributed by atoms with E-state index < -0.39 is 0 Å². The van der Waals surface area contributed by atoms with Crippen LogP contribution >= 0.6 is 11.6 Å². The van der Waals surface area contributed by atoms with Crippen LogP contribution in [0, 0.1) is 0 Å². The van der Waals surface area contributed by atoms with E-state index in [-0.39, 0.29) is 5.91 Å². The molecule has 0 heterocycles. The highest BCUT2D eigenvalue weighted by Gasteiger charge is 1.99. The second-order valence-corrected chi connectivity index (χ2v) is 5.00. The van der Waals surface area contributed by atoms with Gasteiger partial charge in [0.05, 0.1) is 0 Å². The van der Waals surface area contributed by atoms with E-state index in [1.807, 2.05) is 0 Å². The van der Waals surface area contributed by atoms with Gasteiger partial charge in [-0.15, -0.1) is 11.6 Å². The molecular formula is C14H28ClNO. The Morgan fingerprint density at radius 3 is 2.24 bits per heavy atom. The predicted molar refractivity (Wildman–Crippen MR) is 75.6 cm³/mol. The fraction of sp³-hybridized carbons (Fsp3) is 0.929. The van der Waals surface area contributed by atoms with Gasteiger partial charge in [-0.1, -0.05) is 45.4 Å². The molecule has 0 unspecified atom stereocenters. The summed E-state index contributed by atoms with van der Waals surface area (Å²) in [6, 6.07) is 0. The Kier molecular flexibility index (Phi) is 13.6. The molecule has 17 heavy (non-hydrogen) atoms. The Bertz CT molecular complexity index is 174. The lowest BCUT2D eigenvalue weighted by Crippen LogP contribution is -2.24.